The molecule has 1 aliphatic heterocycles. The number of nitrogens with zero attached hydrogens (tertiary/aromatic N) is 2. The molecule has 2 aromatic rings. The molecular weight excluding hydrogens is 332 g/mol. The molecule has 5 nitrogen and oxygen atoms in total. The molecule has 0 atom stereocenters. The van der Waals surface area contributed by atoms with Crippen LogP contribution in [0, 0.1) is 6.92 Å². The zero-order valence-electron chi connectivity index (χ0n) is 11.2. The van der Waals surface area contributed by atoms with Gasteiger partial charge in [0.25, 0.3) is 10.0 Å². The zero-order chi connectivity index (χ0) is 15.0. The molecule has 1 aliphatic rings. The van der Waals surface area contributed by atoms with Gasteiger partial charge >= 0.3 is 0 Å². The molecule has 3 rings (SSSR count). The molecule has 8 heteroatoms. The molecule has 0 N–H and O–H groups in total. The highest BCUT2D eigenvalue weighted by molar-refractivity contribution is 7.94. The molecule has 0 aliphatic carbocycles. The molecule has 0 saturated heterocycles. The summed E-state index contributed by atoms with van der Waals surface area (Å²) in [6.07, 6.45) is 0.624. The number of para-hydroxylation sites is 2. The van der Waals surface area contributed by atoms with Crippen LogP contribution in [0.5, 0.6) is 5.75 Å². The summed E-state index contributed by atoms with van der Waals surface area (Å²) in [5, 5.41) is 0. The van der Waals surface area contributed by atoms with Crippen molar-refractivity contribution in [1.29, 1.82) is 0 Å². The van der Waals surface area contributed by atoms with Crippen LogP contribution in [0.4, 0.5) is 5.69 Å². The van der Waals surface area contributed by atoms with E-state index in [2.05, 4.69) is 4.98 Å². The maximum atomic E-state index is 12.9. The highest BCUT2D eigenvalue weighted by Crippen LogP contribution is 2.37. The monoisotopic (exact) mass is 344 g/mol. The summed E-state index contributed by atoms with van der Waals surface area (Å²) in [6.45, 7) is 2.51. The Hall–Kier alpha value is -1.31. The average molecular weight is 345 g/mol. The molecule has 1 aromatic carbocycles. The first-order valence-electron chi connectivity index (χ1n) is 6.37. The minimum absolute atomic E-state index is 0.184. The molecule has 0 radical (unpaired) electrons. The molecule has 0 unspecified atom stereocenters. The van der Waals surface area contributed by atoms with E-state index in [-0.39, 0.29) is 8.68 Å². The number of fused-ring (bicyclic) bond motifs is 1. The van der Waals surface area contributed by atoms with E-state index in [1.54, 1.807) is 25.1 Å². The third kappa shape index (κ3) is 2.61. The average Bonchev–Trinajstić information content (AvgIpc) is 2.68. The number of halogens is 1. The largest absolute Gasteiger partial charge is 0.491 e. The first kappa shape index (κ1) is 14.6. The lowest BCUT2D eigenvalue weighted by molar-refractivity contribution is 0.322. The van der Waals surface area contributed by atoms with Crippen molar-refractivity contribution in [2.24, 2.45) is 0 Å². The van der Waals surface area contributed by atoms with Gasteiger partial charge in [-0.25, -0.2) is 13.4 Å². The van der Waals surface area contributed by atoms with Crippen molar-refractivity contribution in [2.75, 3.05) is 17.5 Å². The van der Waals surface area contributed by atoms with Crippen LogP contribution in [0.2, 0.25) is 4.47 Å². The van der Waals surface area contributed by atoms with Crippen LogP contribution >= 0.6 is 22.9 Å². The van der Waals surface area contributed by atoms with Gasteiger partial charge in [-0.2, -0.15) is 0 Å². The second kappa shape index (κ2) is 5.47. The maximum Gasteiger partial charge on any atom is 0.275 e. The van der Waals surface area contributed by atoms with Gasteiger partial charge in [-0.1, -0.05) is 35.1 Å². The molecule has 112 valence electrons. The molecule has 2 heterocycles. The molecule has 1 aromatic heterocycles. The predicted octanol–water partition coefficient (Wildman–Crippen LogP) is 3.08. The molecule has 0 fully saturated rings. The number of hydrogen-bond acceptors (Lipinski definition) is 5. The quantitative estimate of drug-likeness (QED) is 0.840. The molecule has 0 saturated carbocycles. The van der Waals surface area contributed by atoms with E-state index in [9.17, 15) is 8.42 Å². The summed E-state index contributed by atoms with van der Waals surface area (Å²) >= 11 is 6.82. The van der Waals surface area contributed by atoms with Crippen molar-refractivity contribution < 1.29 is 13.2 Å². The number of sulfonamides is 1. The van der Waals surface area contributed by atoms with Crippen molar-refractivity contribution in [1.82, 2.24) is 4.98 Å². The number of ether oxygens (including phenoxy) is 1. The minimum Gasteiger partial charge on any atom is -0.491 e. The van der Waals surface area contributed by atoms with Crippen molar-refractivity contribution in [3.8, 4) is 5.75 Å². The van der Waals surface area contributed by atoms with Crippen LogP contribution in [0.3, 0.4) is 0 Å². The van der Waals surface area contributed by atoms with E-state index in [4.69, 9.17) is 16.3 Å². The van der Waals surface area contributed by atoms with Crippen LogP contribution in [0.15, 0.2) is 28.5 Å². The second-order valence-electron chi connectivity index (χ2n) is 4.59. The summed E-state index contributed by atoms with van der Waals surface area (Å²) < 4.78 is 33.2. The summed E-state index contributed by atoms with van der Waals surface area (Å²) in [7, 11) is -3.68. The Morgan fingerprint density at radius 1 is 1.38 bits per heavy atom. The molecule has 0 spiro atoms. The highest BCUT2D eigenvalue weighted by Gasteiger charge is 2.32. The van der Waals surface area contributed by atoms with Gasteiger partial charge in [0.05, 0.1) is 18.0 Å². The lowest BCUT2D eigenvalue weighted by Gasteiger charge is -2.22. The van der Waals surface area contributed by atoms with Crippen LogP contribution in [-0.2, 0) is 10.0 Å². The standard InChI is InChI=1S/C13H13ClN2O3S2/c1-9-12(20-13(14)15-9)21(17,18)16-7-4-8-19-11-6-3-2-5-10(11)16/h2-3,5-6H,4,7-8H2,1H3. The topological polar surface area (TPSA) is 59.5 Å². The highest BCUT2D eigenvalue weighted by atomic mass is 35.5. The number of benzene rings is 1. The fourth-order valence-corrected chi connectivity index (χ4v) is 5.59. The van der Waals surface area contributed by atoms with Gasteiger partial charge in [-0.05, 0) is 19.1 Å². The predicted molar refractivity (Wildman–Crippen MR) is 82.9 cm³/mol. The van der Waals surface area contributed by atoms with Gasteiger partial charge in [-0.3, -0.25) is 4.31 Å². The summed E-state index contributed by atoms with van der Waals surface area (Å²) in [5.74, 6) is 0.576. The maximum absolute atomic E-state index is 12.9. The first-order valence-corrected chi connectivity index (χ1v) is 9.01. The van der Waals surface area contributed by atoms with E-state index in [1.165, 1.54) is 4.31 Å². The van der Waals surface area contributed by atoms with Crippen molar-refractivity contribution in [3.63, 3.8) is 0 Å². The fourth-order valence-electron chi connectivity index (χ4n) is 2.24. The van der Waals surface area contributed by atoms with Gasteiger partial charge in [0, 0.05) is 13.0 Å². The van der Waals surface area contributed by atoms with E-state index in [1.807, 2.05) is 6.07 Å². The smallest absolute Gasteiger partial charge is 0.275 e. The van der Waals surface area contributed by atoms with Crippen LogP contribution < -0.4 is 9.04 Å². The van der Waals surface area contributed by atoms with Crippen molar-refractivity contribution in [3.05, 3.63) is 34.4 Å². The van der Waals surface area contributed by atoms with Crippen LogP contribution in [0.1, 0.15) is 12.1 Å². The Labute approximate surface area is 132 Å². The first-order chi connectivity index (χ1) is 10.00. The van der Waals surface area contributed by atoms with Crippen LogP contribution in [0.25, 0.3) is 0 Å². The molecule has 0 bridgehead atoms. The number of aromatic nitrogens is 1. The lowest BCUT2D eigenvalue weighted by atomic mass is 10.3. The second-order valence-corrected chi connectivity index (χ2v) is 8.23. The zero-order valence-corrected chi connectivity index (χ0v) is 13.6. The van der Waals surface area contributed by atoms with Gasteiger partial charge in [-0.15, -0.1) is 0 Å². The van der Waals surface area contributed by atoms with Gasteiger partial charge < -0.3 is 4.74 Å². The van der Waals surface area contributed by atoms with E-state index >= 15 is 0 Å². The number of aryl methyl sites for hydroxylation is 1. The molecule has 21 heavy (non-hydrogen) atoms. The van der Waals surface area contributed by atoms with Crippen molar-refractivity contribution >= 4 is 38.6 Å². The molecule has 0 amide bonds. The third-order valence-electron chi connectivity index (χ3n) is 3.15. The Morgan fingerprint density at radius 2 is 2.14 bits per heavy atom. The Balaban J connectivity index is 2.13. The fraction of sp³-hybridized carbons (Fsp3) is 0.308. The number of thiazole rings is 1. The summed E-state index contributed by atoms with van der Waals surface area (Å²) in [6, 6.07) is 7.14. The number of hydrogen-bond donors (Lipinski definition) is 0. The minimum atomic E-state index is -3.68. The number of anilines is 1. The van der Waals surface area contributed by atoms with E-state index in [0.29, 0.717) is 36.7 Å². The molecular formula is C13H13ClN2O3S2. The Kier molecular flexibility index (Phi) is 3.81. The van der Waals surface area contributed by atoms with Gasteiger partial charge in [0.1, 0.15) is 5.75 Å². The Bertz CT molecular complexity index is 773. The van der Waals surface area contributed by atoms with Gasteiger partial charge in [0.15, 0.2) is 8.68 Å². The SMILES string of the molecule is Cc1nc(Cl)sc1S(=O)(=O)N1CCCOc2ccccc21. The van der Waals surface area contributed by atoms with E-state index in [0.717, 1.165) is 11.3 Å². The Morgan fingerprint density at radius 3 is 2.86 bits per heavy atom. The lowest BCUT2D eigenvalue weighted by Crippen LogP contribution is -2.31. The third-order valence-corrected chi connectivity index (χ3v) is 6.81. The summed E-state index contributed by atoms with van der Waals surface area (Å²) in [5.41, 5.74) is 0.978. The summed E-state index contributed by atoms with van der Waals surface area (Å²) in [4.78, 5) is 4.00. The number of rotatable bonds is 2. The van der Waals surface area contributed by atoms with Crippen molar-refractivity contribution in [2.45, 2.75) is 17.6 Å². The van der Waals surface area contributed by atoms with Gasteiger partial charge in [0.2, 0.25) is 0 Å². The van der Waals surface area contributed by atoms with E-state index < -0.39 is 10.0 Å². The van der Waals surface area contributed by atoms with Crippen LogP contribution in [-0.4, -0.2) is 26.6 Å². The normalized spacial score (nSPS) is 15.2.